The molecule has 0 bridgehead atoms. The first kappa shape index (κ1) is 20.2. The monoisotopic (exact) mass is 356 g/mol. The molecule has 6 N–H and O–H groups in total. The molecule has 1 unspecified atom stereocenters. The van der Waals surface area contributed by atoms with Crippen LogP contribution in [-0.2, 0) is 19.1 Å². The fourth-order valence-electron chi connectivity index (χ4n) is 2.00. The molecule has 0 radical (unpaired) electrons. The quantitative estimate of drug-likeness (QED) is 0.273. The highest BCUT2D eigenvalue weighted by molar-refractivity contribution is 6.03. The largest absolute Gasteiger partial charge is 0.463 e. The third-order valence-electron chi connectivity index (χ3n) is 3.19. The molecule has 0 aliphatic carbocycles. The summed E-state index contributed by atoms with van der Waals surface area (Å²) in [5, 5.41) is 4.60. The summed E-state index contributed by atoms with van der Waals surface area (Å²) in [5.74, 6) is -1.87. The van der Waals surface area contributed by atoms with Crippen molar-refractivity contribution in [2.45, 2.75) is 44.7 Å². The topological polar surface area (TPSA) is 170 Å². The number of nitrogens with one attached hydrogen (secondary N) is 2. The van der Waals surface area contributed by atoms with Crippen LogP contribution in [0.4, 0.5) is 4.79 Å². The van der Waals surface area contributed by atoms with E-state index in [0.717, 1.165) is 26.4 Å². The Morgan fingerprint density at radius 2 is 1.96 bits per heavy atom. The van der Waals surface area contributed by atoms with E-state index in [-0.39, 0.29) is 24.9 Å². The molecule has 11 nitrogen and oxygen atoms in total. The summed E-state index contributed by atoms with van der Waals surface area (Å²) in [6, 6.07) is 0. The first-order valence-electron chi connectivity index (χ1n) is 7.90. The lowest BCUT2D eigenvalue weighted by atomic mass is 10.1. The Morgan fingerprint density at radius 3 is 2.64 bits per heavy atom. The van der Waals surface area contributed by atoms with Gasteiger partial charge in [0.1, 0.15) is 0 Å². The summed E-state index contributed by atoms with van der Waals surface area (Å²) in [6.07, 6.45) is 1.95. The average Bonchev–Trinajstić information content (AvgIpc) is 2.55. The van der Waals surface area contributed by atoms with Gasteiger partial charge in [0.2, 0.25) is 18.0 Å². The molecule has 0 saturated heterocycles. The maximum absolute atomic E-state index is 12.1. The zero-order valence-corrected chi connectivity index (χ0v) is 14.1. The molecule has 0 saturated carbocycles. The number of hydrogen-bond acceptors (Lipinski definition) is 7. The zero-order valence-electron chi connectivity index (χ0n) is 14.1. The van der Waals surface area contributed by atoms with Crippen LogP contribution in [0.1, 0.15) is 38.5 Å². The van der Waals surface area contributed by atoms with E-state index in [1.54, 1.807) is 0 Å². The maximum atomic E-state index is 12.1. The van der Waals surface area contributed by atoms with Gasteiger partial charge in [-0.15, -0.1) is 0 Å². The number of ether oxygens (including phenoxy) is 2. The number of aliphatic imine (C=N–C) groups is 2. The van der Waals surface area contributed by atoms with Crippen molar-refractivity contribution in [3.05, 3.63) is 0 Å². The predicted octanol–water partition coefficient (Wildman–Crippen LogP) is -0.688. The summed E-state index contributed by atoms with van der Waals surface area (Å²) in [7, 11) is 1.14. The van der Waals surface area contributed by atoms with Gasteiger partial charge in [0.25, 0.3) is 0 Å². The van der Waals surface area contributed by atoms with E-state index in [0.29, 0.717) is 12.8 Å². The lowest BCUT2D eigenvalue weighted by Gasteiger charge is -2.14. The Balaban J connectivity index is 3.06. The fourth-order valence-corrected chi connectivity index (χ4v) is 2.00. The number of nitrogens with two attached hydrogens (primary N) is 2. The second kappa shape index (κ2) is 10.8. The highest BCUT2D eigenvalue weighted by Gasteiger charge is 2.21. The van der Waals surface area contributed by atoms with Gasteiger partial charge in [-0.25, -0.2) is 19.6 Å². The van der Waals surface area contributed by atoms with Crippen LogP contribution in [0.3, 0.4) is 0 Å². The lowest BCUT2D eigenvalue weighted by Crippen LogP contribution is -2.45. The number of alkyl carbamates (subject to hydrolysis) is 1. The molecule has 11 heteroatoms. The normalized spacial score (nSPS) is 22.3. The molecule has 2 amide bonds. The minimum Gasteiger partial charge on any atom is -0.463 e. The Kier molecular flexibility index (Phi) is 8.75. The highest BCUT2D eigenvalue weighted by Crippen LogP contribution is 2.07. The summed E-state index contributed by atoms with van der Waals surface area (Å²) in [4.78, 5) is 43.0. The molecule has 1 rings (SSSR count). The number of cyclic esters (lactones) is 1. The Labute approximate surface area is 145 Å². The molecule has 1 atom stereocenters. The van der Waals surface area contributed by atoms with Gasteiger partial charge < -0.3 is 20.9 Å². The molecule has 0 aromatic heterocycles. The third-order valence-corrected chi connectivity index (χ3v) is 3.19. The van der Waals surface area contributed by atoms with Gasteiger partial charge in [0.15, 0.2) is 5.96 Å². The van der Waals surface area contributed by atoms with E-state index in [4.69, 9.17) is 16.2 Å². The van der Waals surface area contributed by atoms with Gasteiger partial charge in [0, 0.05) is 6.42 Å². The second-order valence-electron chi connectivity index (χ2n) is 5.26. The van der Waals surface area contributed by atoms with Crippen molar-refractivity contribution in [1.29, 1.82) is 0 Å². The van der Waals surface area contributed by atoms with Crippen LogP contribution >= 0.6 is 0 Å². The van der Waals surface area contributed by atoms with Crippen LogP contribution in [0.5, 0.6) is 0 Å². The second-order valence-corrected chi connectivity index (χ2v) is 5.26. The van der Waals surface area contributed by atoms with Crippen molar-refractivity contribution in [3.63, 3.8) is 0 Å². The van der Waals surface area contributed by atoms with Crippen LogP contribution in [0.2, 0.25) is 0 Å². The van der Waals surface area contributed by atoms with Gasteiger partial charge in [-0.1, -0.05) is 19.3 Å². The number of hydrogen-bond donors (Lipinski definition) is 4. The number of nitrogens with zero attached hydrogens (tertiary/aromatic N) is 2. The zero-order chi connectivity index (χ0) is 18.7. The van der Waals surface area contributed by atoms with Crippen LogP contribution in [-0.4, -0.2) is 49.8 Å². The smallest absolute Gasteiger partial charge is 0.413 e. The molecule has 0 fully saturated rings. The van der Waals surface area contributed by atoms with Gasteiger partial charge in [-0.3, -0.25) is 15.4 Å². The molecule has 140 valence electrons. The van der Waals surface area contributed by atoms with Crippen molar-refractivity contribution < 1.29 is 23.9 Å². The van der Waals surface area contributed by atoms with Crippen molar-refractivity contribution in [2.24, 2.45) is 21.5 Å². The van der Waals surface area contributed by atoms with E-state index in [1.807, 2.05) is 0 Å². The fraction of sp³-hybridized carbons (Fsp3) is 0.643. The molecule has 1 heterocycles. The van der Waals surface area contributed by atoms with Gasteiger partial charge in [-0.2, -0.15) is 0 Å². The molecule has 0 aromatic rings. The van der Waals surface area contributed by atoms with Crippen molar-refractivity contribution >= 4 is 29.9 Å². The van der Waals surface area contributed by atoms with Gasteiger partial charge >= 0.3 is 12.1 Å². The van der Waals surface area contributed by atoms with Crippen LogP contribution < -0.4 is 22.1 Å². The van der Waals surface area contributed by atoms with E-state index in [9.17, 15) is 14.4 Å². The van der Waals surface area contributed by atoms with E-state index >= 15 is 0 Å². The molecular weight excluding hydrogens is 332 g/mol. The Morgan fingerprint density at radius 1 is 1.28 bits per heavy atom. The van der Waals surface area contributed by atoms with Crippen LogP contribution in [0, 0.1) is 0 Å². The van der Waals surface area contributed by atoms with Gasteiger partial charge in [0.05, 0.1) is 13.7 Å². The van der Waals surface area contributed by atoms with E-state index in [1.165, 1.54) is 0 Å². The van der Waals surface area contributed by atoms with E-state index < -0.39 is 24.2 Å². The SMILES string of the molecule is COC(=O)N/C1=N/C(N=C(N)N)C(=O)OCCCCCCCC(=O)N1. The number of esters is 1. The lowest BCUT2D eigenvalue weighted by molar-refractivity contribution is -0.145. The molecule has 25 heavy (non-hydrogen) atoms. The summed E-state index contributed by atoms with van der Waals surface area (Å²) in [5.41, 5.74) is 10.6. The van der Waals surface area contributed by atoms with Crippen LogP contribution in [0.15, 0.2) is 9.98 Å². The van der Waals surface area contributed by atoms with Gasteiger partial charge in [-0.05, 0) is 12.8 Å². The first-order chi connectivity index (χ1) is 11.9. The number of methoxy groups -OCH3 is 1. The standard InChI is InChI=1S/C14H24N6O5/c1-24-14(23)20-13-17-9(21)7-5-3-2-4-6-8-25-11(22)10(19-13)18-12(15)16/h10H,2-8H2,1H3,(H4,15,16,18)(H2,17,19,20,21,23). The number of guanidine groups is 2. The number of rotatable bonds is 1. The average molecular weight is 356 g/mol. The molecule has 0 aromatic carbocycles. The first-order valence-corrected chi connectivity index (χ1v) is 7.90. The maximum Gasteiger partial charge on any atom is 0.413 e. The molecule has 1 aliphatic rings. The number of carbonyl (C=O) groups is 3. The Hall–Kier alpha value is -2.85. The summed E-state index contributed by atoms with van der Waals surface area (Å²) in [6.45, 7) is 0.205. The molecule has 1 aliphatic heterocycles. The summed E-state index contributed by atoms with van der Waals surface area (Å²) < 4.78 is 9.54. The third kappa shape index (κ3) is 8.53. The van der Waals surface area contributed by atoms with Crippen molar-refractivity contribution in [2.75, 3.05) is 13.7 Å². The van der Waals surface area contributed by atoms with Crippen molar-refractivity contribution in [3.8, 4) is 0 Å². The van der Waals surface area contributed by atoms with Crippen LogP contribution in [0.25, 0.3) is 0 Å². The highest BCUT2D eigenvalue weighted by atomic mass is 16.5. The number of carbonyl (C=O) groups excluding carboxylic acids is 3. The van der Waals surface area contributed by atoms with Crippen molar-refractivity contribution in [1.82, 2.24) is 10.6 Å². The molecule has 0 spiro atoms. The Bertz CT molecular complexity index is 544. The minimum atomic E-state index is -1.46. The predicted molar refractivity (Wildman–Crippen MR) is 89.4 cm³/mol. The number of amides is 2. The minimum absolute atomic E-state index is 0.205. The van der Waals surface area contributed by atoms with E-state index in [2.05, 4.69) is 25.4 Å². The molecular formula is C14H24N6O5. The summed E-state index contributed by atoms with van der Waals surface area (Å²) >= 11 is 0.